The Morgan fingerprint density at radius 1 is 1.25 bits per heavy atom. The predicted octanol–water partition coefficient (Wildman–Crippen LogP) is 1.41. The Bertz CT molecular complexity index is 274. The standard InChI is InChI=1S/C8H17NO2S/c1-6(2)7-9(8(3,4)5)12(7,10)11/h6-7H,1-5H3. The van der Waals surface area contributed by atoms with Crippen LogP contribution < -0.4 is 0 Å². The van der Waals surface area contributed by atoms with Crippen molar-refractivity contribution < 1.29 is 8.42 Å². The molecule has 0 aliphatic carbocycles. The predicted molar refractivity (Wildman–Crippen MR) is 49.1 cm³/mol. The molecule has 12 heavy (non-hydrogen) atoms. The van der Waals surface area contributed by atoms with Crippen LogP contribution in [0.2, 0.25) is 0 Å². The van der Waals surface area contributed by atoms with Gasteiger partial charge in [-0.15, -0.1) is 0 Å². The Morgan fingerprint density at radius 2 is 1.67 bits per heavy atom. The maximum atomic E-state index is 11.4. The van der Waals surface area contributed by atoms with Gasteiger partial charge in [0.25, 0.3) is 0 Å². The molecule has 2 atom stereocenters. The largest absolute Gasteiger partial charge is 0.233 e. The highest BCUT2D eigenvalue weighted by molar-refractivity contribution is 7.96. The Morgan fingerprint density at radius 3 is 1.75 bits per heavy atom. The topological polar surface area (TPSA) is 37.1 Å². The Hall–Kier alpha value is -0.0900. The molecule has 1 aliphatic heterocycles. The molecule has 2 unspecified atom stereocenters. The lowest BCUT2D eigenvalue weighted by Crippen LogP contribution is -2.29. The average Bonchev–Trinajstić information content (AvgIpc) is 2.31. The van der Waals surface area contributed by atoms with Crippen LogP contribution in [0.5, 0.6) is 0 Å². The number of rotatable bonds is 1. The quantitative estimate of drug-likeness (QED) is 0.588. The Balaban J connectivity index is 2.89. The summed E-state index contributed by atoms with van der Waals surface area (Å²) >= 11 is 0. The van der Waals surface area contributed by atoms with Gasteiger partial charge in [0.15, 0.2) is 0 Å². The lowest BCUT2D eigenvalue weighted by molar-refractivity contribution is 0.285. The van der Waals surface area contributed by atoms with E-state index in [1.54, 1.807) is 4.31 Å². The summed E-state index contributed by atoms with van der Waals surface area (Å²) in [5.41, 5.74) is -0.256. The smallest absolute Gasteiger partial charge is 0.210 e. The van der Waals surface area contributed by atoms with E-state index in [4.69, 9.17) is 0 Å². The molecule has 1 fully saturated rings. The van der Waals surface area contributed by atoms with Crippen LogP contribution in [0.15, 0.2) is 0 Å². The van der Waals surface area contributed by atoms with Crippen LogP contribution in [-0.4, -0.2) is 23.6 Å². The van der Waals surface area contributed by atoms with Crippen LogP contribution in [0.3, 0.4) is 0 Å². The van der Waals surface area contributed by atoms with E-state index < -0.39 is 10.0 Å². The monoisotopic (exact) mass is 191 g/mol. The fraction of sp³-hybridized carbons (Fsp3) is 1.00. The summed E-state index contributed by atoms with van der Waals surface area (Å²) in [7, 11) is -2.92. The zero-order chi connectivity index (χ0) is 9.73. The van der Waals surface area contributed by atoms with Crippen molar-refractivity contribution in [3.05, 3.63) is 0 Å². The maximum absolute atomic E-state index is 11.4. The molecule has 72 valence electrons. The second-order valence-electron chi connectivity index (χ2n) is 4.65. The van der Waals surface area contributed by atoms with Crippen LogP contribution in [-0.2, 0) is 10.0 Å². The molecule has 1 aliphatic rings. The van der Waals surface area contributed by atoms with Crippen LogP contribution >= 0.6 is 0 Å². The second kappa shape index (κ2) is 2.45. The van der Waals surface area contributed by atoms with Crippen molar-refractivity contribution in [2.75, 3.05) is 0 Å². The van der Waals surface area contributed by atoms with Gasteiger partial charge in [-0.05, 0) is 26.7 Å². The van der Waals surface area contributed by atoms with Gasteiger partial charge in [0.2, 0.25) is 10.0 Å². The number of nitrogens with zero attached hydrogens (tertiary/aromatic N) is 1. The van der Waals surface area contributed by atoms with E-state index in [0.29, 0.717) is 0 Å². The minimum absolute atomic E-state index is 0.189. The molecule has 0 spiro atoms. The van der Waals surface area contributed by atoms with Gasteiger partial charge >= 0.3 is 0 Å². The van der Waals surface area contributed by atoms with E-state index in [9.17, 15) is 8.42 Å². The van der Waals surface area contributed by atoms with Crippen LogP contribution in [0.25, 0.3) is 0 Å². The van der Waals surface area contributed by atoms with E-state index in [2.05, 4.69) is 0 Å². The fourth-order valence-electron chi connectivity index (χ4n) is 1.60. The summed E-state index contributed by atoms with van der Waals surface area (Å²) in [6, 6.07) is 0. The molecule has 3 nitrogen and oxygen atoms in total. The highest BCUT2D eigenvalue weighted by Crippen LogP contribution is 2.42. The Labute approximate surface area is 74.8 Å². The van der Waals surface area contributed by atoms with E-state index >= 15 is 0 Å². The average molecular weight is 191 g/mol. The fourth-order valence-corrected chi connectivity index (χ4v) is 4.25. The van der Waals surface area contributed by atoms with Gasteiger partial charge in [-0.2, -0.15) is 4.31 Å². The van der Waals surface area contributed by atoms with Gasteiger partial charge in [0, 0.05) is 5.54 Å². The molecule has 0 aromatic rings. The lowest BCUT2D eigenvalue weighted by atomic mass is 10.1. The van der Waals surface area contributed by atoms with Crippen LogP contribution in [0.4, 0.5) is 0 Å². The first-order chi connectivity index (χ1) is 5.19. The van der Waals surface area contributed by atoms with Crippen LogP contribution in [0, 0.1) is 5.92 Å². The molecular formula is C8H17NO2S. The first-order valence-corrected chi connectivity index (χ1v) is 5.72. The summed E-state index contributed by atoms with van der Waals surface area (Å²) < 4.78 is 24.4. The van der Waals surface area contributed by atoms with Crippen molar-refractivity contribution in [1.29, 1.82) is 0 Å². The molecule has 1 saturated heterocycles. The lowest BCUT2D eigenvalue weighted by Gasteiger charge is -2.18. The number of hydrogen-bond acceptors (Lipinski definition) is 2. The van der Waals surface area contributed by atoms with Gasteiger partial charge in [-0.3, -0.25) is 0 Å². The summed E-state index contributed by atoms with van der Waals surface area (Å²) in [6.07, 6.45) is 0. The molecule has 0 bridgehead atoms. The minimum Gasteiger partial charge on any atom is -0.210 e. The zero-order valence-corrected chi connectivity index (χ0v) is 9.14. The third-order valence-corrected chi connectivity index (χ3v) is 4.47. The van der Waals surface area contributed by atoms with E-state index in [0.717, 1.165) is 0 Å². The second-order valence-corrected chi connectivity index (χ2v) is 6.55. The minimum atomic E-state index is -2.92. The van der Waals surface area contributed by atoms with E-state index in [1.807, 2.05) is 34.6 Å². The van der Waals surface area contributed by atoms with Gasteiger partial charge in [0.1, 0.15) is 5.37 Å². The van der Waals surface area contributed by atoms with Crippen molar-refractivity contribution in [3.8, 4) is 0 Å². The van der Waals surface area contributed by atoms with Crippen molar-refractivity contribution in [1.82, 2.24) is 4.31 Å². The summed E-state index contributed by atoms with van der Waals surface area (Å²) in [4.78, 5) is 0. The first-order valence-electron chi connectivity index (χ1n) is 4.22. The molecule has 0 amide bonds. The molecule has 0 saturated carbocycles. The van der Waals surface area contributed by atoms with E-state index in [-0.39, 0.29) is 16.8 Å². The van der Waals surface area contributed by atoms with E-state index in [1.165, 1.54) is 0 Å². The molecule has 4 heteroatoms. The van der Waals surface area contributed by atoms with Crippen LogP contribution in [0.1, 0.15) is 34.6 Å². The van der Waals surface area contributed by atoms with Gasteiger partial charge in [-0.25, -0.2) is 8.42 Å². The first kappa shape index (κ1) is 9.99. The van der Waals surface area contributed by atoms with Gasteiger partial charge in [0.05, 0.1) is 0 Å². The molecule has 1 heterocycles. The highest BCUT2D eigenvalue weighted by atomic mass is 32.2. The van der Waals surface area contributed by atoms with Crippen molar-refractivity contribution >= 4 is 10.0 Å². The van der Waals surface area contributed by atoms with Crippen molar-refractivity contribution in [3.63, 3.8) is 0 Å². The Kier molecular flexibility index (Phi) is 2.04. The third kappa shape index (κ3) is 1.38. The number of hydrogen-bond donors (Lipinski definition) is 0. The highest BCUT2D eigenvalue weighted by Gasteiger charge is 2.60. The summed E-state index contributed by atoms with van der Waals surface area (Å²) in [6.45, 7) is 9.65. The zero-order valence-electron chi connectivity index (χ0n) is 8.33. The SMILES string of the molecule is CC(C)C1N(C(C)(C)C)S1(=O)=O. The van der Waals surface area contributed by atoms with Crippen molar-refractivity contribution in [2.24, 2.45) is 5.92 Å². The summed E-state index contributed by atoms with van der Waals surface area (Å²) in [5, 5.41) is -0.252. The maximum Gasteiger partial charge on any atom is 0.233 e. The molecule has 0 radical (unpaired) electrons. The molecule has 0 N–H and O–H groups in total. The van der Waals surface area contributed by atoms with Gasteiger partial charge < -0.3 is 0 Å². The molecular weight excluding hydrogens is 174 g/mol. The van der Waals surface area contributed by atoms with Gasteiger partial charge in [-0.1, -0.05) is 13.8 Å². The normalized spacial score (nSPS) is 33.8. The molecule has 1 rings (SSSR count). The summed E-state index contributed by atoms with van der Waals surface area (Å²) in [5.74, 6) is 0.189. The third-order valence-electron chi connectivity index (χ3n) is 2.00. The number of sulfonamides is 1. The molecule has 0 aromatic heterocycles. The molecule has 0 aromatic carbocycles. The van der Waals surface area contributed by atoms with Crippen molar-refractivity contribution in [2.45, 2.75) is 45.5 Å².